The van der Waals surface area contributed by atoms with Crippen LogP contribution in [0.4, 0.5) is 5.69 Å². The van der Waals surface area contributed by atoms with Crippen LogP contribution in [0.25, 0.3) is 0 Å². The van der Waals surface area contributed by atoms with Crippen LogP contribution < -0.4 is 10.1 Å². The second kappa shape index (κ2) is 7.62. The van der Waals surface area contributed by atoms with Gasteiger partial charge in [0.2, 0.25) is 0 Å². The molecule has 134 valence electrons. The van der Waals surface area contributed by atoms with Gasteiger partial charge in [-0.1, -0.05) is 34.5 Å². The number of nitrogens with one attached hydrogen (secondary N) is 1. The van der Waals surface area contributed by atoms with Gasteiger partial charge in [-0.2, -0.15) is 0 Å². The van der Waals surface area contributed by atoms with Crippen molar-refractivity contribution in [1.82, 2.24) is 5.16 Å². The van der Waals surface area contributed by atoms with Gasteiger partial charge in [0, 0.05) is 10.7 Å². The van der Waals surface area contributed by atoms with Crippen molar-refractivity contribution in [3.8, 4) is 5.75 Å². The second-order valence-corrected chi connectivity index (χ2v) is 6.52. The third-order valence-corrected chi connectivity index (χ3v) is 4.28. The molecule has 1 aromatic heterocycles. The number of aromatic nitrogens is 1. The number of ether oxygens (including phenoxy) is 1. The van der Waals surface area contributed by atoms with E-state index in [-0.39, 0.29) is 18.2 Å². The summed E-state index contributed by atoms with van der Waals surface area (Å²) < 4.78 is 10.9. The van der Waals surface area contributed by atoms with Crippen molar-refractivity contribution in [2.45, 2.75) is 27.4 Å². The number of carbonyl (C=O) groups is 1. The fourth-order valence-corrected chi connectivity index (χ4v) is 2.69. The van der Waals surface area contributed by atoms with Gasteiger partial charge in [0.15, 0.2) is 5.69 Å². The molecule has 3 rings (SSSR count). The lowest BCUT2D eigenvalue weighted by Crippen LogP contribution is -2.16. The smallest absolute Gasteiger partial charge is 0.278 e. The van der Waals surface area contributed by atoms with Gasteiger partial charge in [0.05, 0.1) is 5.56 Å². The molecule has 26 heavy (non-hydrogen) atoms. The van der Waals surface area contributed by atoms with Crippen LogP contribution in [0.1, 0.15) is 32.9 Å². The van der Waals surface area contributed by atoms with E-state index >= 15 is 0 Å². The van der Waals surface area contributed by atoms with Crippen LogP contribution in [0.15, 0.2) is 47.0 Å². The van der Waals surface area contributed by atoms with E-state index < -0.39 is 0 Å². The summed E-state index contributed by atoms with van der Waals surface area (Å²) in [7, 11) is 0. The summed E-state index contributed by atoms with van der Waals surface area (Å²) in [5.41, 5.74) is 3.69. The number of nitrogens with zero attached hydrogens (tertiary/aromatic N) is 1. The second-order valence-electron chi connectivity index (χ2n) is 6.08. The van der Waals surface area contributed by atoms with Crippen molar-refractivity contribution in [2.24, 2.45) is 0 Å². The third kappa shape index (κ3) is 4.06. The van der Waals surface area contributed by atoms with E-state index in [1.165, 1.54) is 0 Å². The van der Waals surface area contributed by atoms with Gasteiger partial charge >= 0.3 is 0 Å². The van der Waals surface area contributed by atoms with E-state index in [1.54, 1.807) is 31.2 Å². The highest BCUT2D eigenvalue weighted by Crippen LogP contribution is 2.22. The number of amides is 1. The number of rotatable bonds is 5. The van der Waals surface area contributed by atoms with Crippen LogP contribution in [-0.4, -0.2) is 11.1 Å². The number of aryl methyl sites for hydroxylation is 3. The normalized spacial score (nSPS) is 10.6. The summed E-state index contributed by atoms with van der Waals surface area (Å²) in [6.45, 7) is 5.88. The lowest BCUT2D eigenvalue weighted by atomic mass is 10.1. The number of benzene rings is 2. The third-order valence-electron chi connectivity index (χ3n) is 4.03. The largest absolute Gasteiger partial charge is 0.489 e. The Morgan fingerprint density at radius 2 is 1.88 bits per heavy atom. The molecule has 0 atom stereocenters. The highest BCUT2D eigenvalue weighted by molar-refractivity contribution is 6.30. The minimum absolute atomic E-state index is 0.173. The Morgan fingerprint density at radius 3 is 2.58 bits per heavy atom. The molecule has 6 heteroatoms. The average Bonchev–Trinajstić information content (AvgIpc) is 2.98. The molecule has 0 unspecified atom stereocenters. The standard InChI is InChI=1S/C20H19ClN2O3/c1-12-4-9-18(13(2)10-12)22-20(24)19-17(14(3)26-23-19)11-25-16-7-5-15(21)6-8-16/h4-10H,11H2,1-3H3,(H,22,24). The van der Waals surface area contributed by atoms with Crippen LogP contribution in [0.2, 0.25) is 5.02 Å². The van der Waals surface area contributed by atoms with E-state index in [0.717, 1.165) is 16.8 Å². The Hall–Kier alpha value is -2.79. The quantitative estimate of drug-likeness (QED) is 0.679. The Labute approximate surface area is 156 Å². The predicted octanol–water partition coefficient (Wildman–Crippen LogP) is 5.08. The first kappa shape index (κ1) is 18.0. The minimum atomic E-state index is -0.330. The Bertz CT molecular complexity index is 933. The van der Waals surface area contributed by atoms with Crippen LogP contribution in [0, 0.1) is 20.8 Å². The summed E-state index contributed by atoms with van der Waals surface area (Å²) in [6, 6.07) is 12.8. The van der Waals surface area contributed by atoms with Crippen molar-refractivity contribution >= 4 is 23.2 Å². The highest BCUT2D eigenvalue weighted by atomic mass is 35.5. The molecule has 1 amide bonds. The molecule has 1 heterocycles. The zero-order valence-corrected chi connectivity index (χ0v) is 15.6. The maximum atomic E-state index is 12.6. The van der Waals surface area contributed by atoms with Crippen molar-refractivity contribution in [3.63, 3.8) is 0 Å². The molecule has 0 aliphatic rings. The van der Waals surface area contributed by atoms with Crippen molar-refractivity contribution in [1.29, 1.82) is 0 Å². The zero-order valence-electron chi connectivity index (χ0n) is 14.8. The van der Waals surface area contributed by atoms with Crippen LogP contribution in [0.3, 0.4) is 0 Å². The first-order valence-corrected chi connectivity index (χ1v) is 8.54. The summed E-state index contributed by atoms with van der Waals surface area (Å²) in [5, 5.41) is 7.41. The van der Waals surface area contributed by atoms with Gasteiger partial charge < -0.3 is 14.6 Å². The molecule has 0 saturated carbocycles. The number of halogens is 1. The lowest BCUT2D eigenvalue weighted by Gasteiger charge is -2.09. The molecule has 3 aromatic rings. The molecule has 0 spiro atoms. The molecular formula is C20H19ClN2O3. The van der Waals surface area contributed by atoms with Crippen LogP contribution in [-0.2, 0) is 6.61 Å². The molecule has 5 nitrogen and oxygen atoms in total. The van der Waals surface area contributed by atoms with Crippen molar-refractivity contribution < 1.29 is 14.1 Å². The monoisotopic (exact) mass is 370 g/mol. The van der Waals surface area contributed by atoms with Gasteiger partial charge in [-0.15, -0.1) is 0 Å². The molecule has 1 N–H and O–H groups in total. The molecule has 0 fully saturated rings. The molecule has 0 bridgehead atoms. The number of carbonyl (C=O) groups excluding carboxylic acids is 1. The van der Waals surface area contributed by atoms with Crippen LogP contribution >= 0.6 is 11.6 Å². The van der Waals surface area contributed by atoms with Crippen LogP contribution in [0.5, 0.6) is 5.75 Å². The summed E-state index contributed by atoms with van der Waals surface area (Å²) >= 11 is 5.87. The molecule has 0 aliphatic heterocycles. The fraction of sp³-hybridized carbons (Fsp3) is 0.200. The summed E-state index contributed by atoms with van der Waals surface area (Å²) in [5.74, 6) is 0.865. The maximum Gasteiger partial charge on any atom is 0.278 e. The van der Waals surface area contributed by atoms with Crippen molar-refractivity contribution in [2.75, 3.05) is 5.32 Å². The number of hydrogen-bond donors (Lipinski definition) is 1. The van der Waals surface area contributed by atoms with Crippen molar-refractivity contribution in [3.05, 3.63) is 75.6 Å². The molecule has 2 aromatic carbocycles. The average molecular weight is 371 g/mol. The molecular weight excluding hydrogens is 352 g/mol. The van der Waals surface area contributed by atoms with Gasteiger partial charge in [-0.25, -0.2) is 0 Å². The van der Waals surface area contributed by atoms with Gasteiger partial charge in [-0.3, -0.25) is 4.79 Å². The molecule has 0 radical (unpaired) electrons. The van der Waals surface area contributed by atoms with Gasteiger partial charge in [0.1, 0.15) is 18.1 Å². The number of hydrogen-bond acceptors (Lipinski definition) is 4. The van der Waals surface area contributed by atoms with E-state index in [9.17, 15) is 4.79 Å². The summed E-state index contributed by atoms with van der Waals surface area (Å²) in [6.07, 6.45) is 0. The Kier molecular flexibility index (Phi) is 5.28. The predicted molar refractivity (Wildman–Crippen MR) is 101 cm³/mol. The minimum Gasteiger partial charge on any atom is -0.489 e. The van der Waals surface area contributed by atoms with E-state index in [2.05, 4.69) is 10.5 Å². The topological polar surface area (TPSA) is 64.4 Å². The van der Waals surface area contributed by atoms with Gasteiger partial charge in [-0.05, 0) is 56.7 Å². The SMILES string of the molecule is Cc1ccc(NC(=O)c2noc(C)c2COc2ccc(Cl)cc2)c(C)c1. The number of anilines is 1. The fourth-order valence-electron chi connectivity index (χ4n) is 2.56. The Morgan fingerprint density at radius 1 is 1.15 bits per heavy atom. The lowest BCUT2D eigenvalue weighted by molar-refractivity contribution is 0.101. The summed E-state index contributed by atoms with van der Waals surface area (Å²) in [4.78, 5) is 12.6. The maximum absolute atomic E-state index is 12.6. The molecule has 0 aliphatic carbocycles. The Balaban J connectivity index is 1.76. The van der Waals surface area contributed by atoms with Gasteiger partial charge in [0.25, 0.3) is 5.91 Å². The van der Waals surface area contributed by atoms with E-state index in [1.807, 2.05) is 32.0 Å². The highest BCUT2D eigenvalue weighted by Gasteiger charge is 2.21. The first-order chi connectivity index (χ1) is 12.4. The first-order valence-electron chi connectivity index (χ1n) is 8.16. The molecule has 0 saturated heterocycles. The van der Waals surface area contributed by atoms with E-state index in [0.29, 0.717) is 22.1 Å². The van der Waals surface area contributed by atoms with E-state index in [4.69, 9.17) is 20.9 Å². The zero-order chi connectivity index (χ0) is 18.7.